The van der Waals surface area contributed by atoms with E-state index in [4.69, 9.17) is 10.9 Å². The molecule has 0 fully saturated rings. The highest BCUT2D eigenvalue weighted by Crippen LogP contribution is 1.97. The van der Waals surface area contributed by atoms with Crippen LogP contribution in [0.25, 0.3) is 12.2 Å². The number of aromatic nitrogens is 1. The van der Waals surface area contributed by atoms with E-state index in [1.165, 1.54) is 0 Å². The summed E-state index contributed by atoms with van der Waals surface area (Å²) in [6, 6.07) is 0. The van der Waals surface area contributed by atoms with E-state index in [9.17, 15) is 0 Å². The molecular weight excluding hydrogens is 152 g/mol. The summed E-state index contributed by atoms with van der Waals surface area (Å²) in [4.78, 5) is 0. The van der Waals surface area contributed by atoms with E-state index in [-0.39, 0.29) is 6.61 Å². The number of nitrogens with zero attached hydrogens (tertiary/aromatic N) is 1. The van der Waals surface area contributed by atoms with Crippen molar-refractivity contribution in [2.75, 3.05) is 5.84 Å². The molecule has 1 aromatic rings. The zero-order chi connectivity index (χ0) is 8.55. The summed E-state index contributed by atoms with van der Waals surface area (Å²) >= 11 is 0. The Bertz CT molecular complexity index is 403. The van der Waals surface area contributed by atoms with Crippen LogP contribution in [0.15, 0.2) is 6.20 Å². The number of hydrogen-bond acceptors (Lipinski definition) is 2. The van der Waals surface area contributed by atoms with Crippen LogP contribution in [0.1, 0.15) is 18.4 Å². The molecule has 1 aromatic heterocycles. The molecule has 0 radical (unpaired) electrons. The molecule has 0 unspecified atom stereocenters. The van der Waals surface area contributed by atoms with Gasteiger partial charge in [0.2, 0.25) is 0 Å². The van der Waals surface area contributed by atoms with Crippen molar-refractivity contribution in [3.8, 4) is 0 Å². The van der Waals surface area contributed by atoms with E-state index >= 15 is 0 Å². The predicted octanol–water partition coefficient (Wildman–Crippen LogP) is -0.951. The van der Waals surface area contributed by atoms with Crippen LogP contribution < -0.4 is 16.4 Å². The lowest BCUT2D eigenvalue weighted by Gasteiger charge is -1.96. The molecule has 0 saturated carbocycles. The van der Waals surface area contributed by atoms with Crippen LogP contribution in [0.4, 0.5) is 0 Å². The molecule has 3 N–H and O–H groups in total. The van der Waals surface area contributed by atoms with Gasteiger partial charge < -0.3 is 10.9 Å². The highest BCUT2D eigenvalue weighted by molar-refractivity contribution is 5.39. The average Bonchev–Trinajstić information content (AvgIpc) is 2.44. The third-order valence-electron chi connectivity index (χ3n) is 2.22. The standard InChI is InChI=1S/C9H12N2O/c10-11-5-7(6-12)8-3-1-2-4-9(8)11/h3-5,12H,1-2,6,10H2. The average molecular weight is 164 g/mol. The Balaban J connectivity index is 2.80. The summed E-state index contributed by atoms with van der Waals surface area (Å²) in [7, 11) is 0. The van der Waals surface area contributed by atoms with Gasteiger partial charge in [-0.2, -0.15) is 0 Å². The lowest BCUT2D eigenvalue weighted by Crippen LogP contribution is -2.35. The summed E-state index contributed by atoms with van der Waals surface area (Å²) in [5.41, 5.74) is 0.920. The normalized spacial score (nSPS) is 14.8. The Labute approximate surface area is 70.4 Å². The lowest BCUT2D eigenvalue weighted by molar-refractivity contribution is 0.281. The molecule has 3 nitrogen and oxygen atoms in total. The molecular formula is C9H12N2O. The van der Waals surface area contributed by atoms with Crippen LogP contribution in [0.2, 0.25) is 0 Å². The summed E-state index contributed by atoms with van der Waals surface area (Å²) < 4.78 is 1.58. The van der Waals surface area contributed by atoms with E-state index in [2.05, 4.69) is 12.2 Å². The largest absolute Gasteiger partial charge is 0.392 e. The Hall–Kier alpha value is -1.22. The molecule has 0 bridgehead atoms. The van der Waals surface area contributed by atoms with Crippen LogP contribution >= 0.6 is 0 Å². The molecule has 0 saturated heterocycles. The molecule has 0 aromatic carbocycles. The smallest absolute Gasteiger partial charge is 0.0703 e. The Morgan fingerprint density at radius 1 is 1.42 bits per heavy atom. The van der Waals surface area contributed by atoms with Gasteiger partial charge in [0.25, 0.3) is 0 Å². The monoisotopic (exact) mass is 164 g/mol. The molecule has 1 heterocycles. The first-order valence-electron chi connectivity index (χ1n) is 4.09. The second kappa shape index (κ2) is 2.68. The minimum atomic E-state index is 0.0663. The Morgan fingerprint density at radius 2 is 2.17 bits per heavy atom. The molecule has 1 aliphatic carbocycles. The highest BCUT2D eigenvalue weighted by Gasteiger charge is 2.03. The fourth-order valence-corrected chi connectivity index (χ4v) is 1.64. The topological polar surface area (TPSA) is 51.2 Å². The zero-order valence-electron chi connectivity index (χ0n) is 6.83. The number of aliphatic hydroxyl groups is 1. The minimum Gasteiger partial charge on any atom is -0.392 e. The van der Waals surface area contributed by atoms with Gasteiger partial charge in [-0.25, -0.2) is 0 Å². The number of fused-ring (bicyclic) bond motifs is 1. The molecule has 2 rings (SSSR count). The lowest BCUT2D eigenvalue weighted by atomic mass is 10.1. The number of nitrogens with two attached hydrogens (primary N) is 1. The maximum atomic E-state index is 9.00. The van der Waals surface area contributed by atoms with Gasteiger partial charge in [0.05, 0.1) is 12.0 Å². The van der Waals surface area contributed by atoms with Crippen LogP contribution in [-0.2, 0) is 6.61 Å². The van der Waals surface area contributed by atoms with Crippen LogP contribution in [0.3, 0.4) is 0 Å². The summed E-state index contributed by atoms with van der Waals surface area (Å²) in [6.07, 6.45) is 8.10. The van der Waals surface area contributed by atoms with Crippen LogP contribution in [-0.4, -0.2) is 9.78 Å². The van der Waals surface area contributed by atoms with E-state index in [0.717, 1.165) is 29.0 Å². The molecule has 64 valence electrons. The molecule has 1 aliphatic rings. The molecule has 0 aliphatic heterocycles. The van der Waals surface area contributed by atoms with Crippen molar-refractivity contribution in [1.29, 1.82) is 0 Å². The third-order valence-corrected chi connectivity index (χ3v) is 2.22. The Morgan fingerprint density at radius 3 is 2.92 bits per heavy atom. The van der Waals surface area contributed by atoms with Crippen LogP contribution in [0, 0.1) is 0 Å². The second-order valence-electron chi connectivity index (χ2n) is 3.00. The van der Waals surface area contributed by atoms with Crippen molar-refractivity contribution in [3.63, 3.8) is 0 Å². The second-order valence-corrected chi connectivity index (χ2v) is 3.00. The van der Waals surface area contributed by atoms with Gasteiger partial charge in [-0.3, -0.25) is 4.68 Å². The van der Waals surface area contributed by atoms with Gasteiger partial charge in [0.15, 0.2) is 0 Å². The fraction of sp³-hybridized carbons (Fsp3) is 0.333. The first kappa shape index (κ1) is 7.43. The van der Waals surface area contributed by atoms with Gasteiger partial charge in [0.1, 0.15) is 0 Å². The summed E-state index contributed by atoms with van der Waals surface area (Å²) in [5, 5.41) is 11.1. The maximum absolute atomic E-state index is 9.00. The first-order chi connectivity index (χ1) is 5.83. The van der Waals surface area contributed by atoms with E-state index < -0.39 is 0 Å². The van der Waals surface area contributed by atoms with Crippen molar-refractivity contribution in [2.45, 2.75) is 19.4 Å². The number of hydrogen-bond donors (Lipinski definition) is 2. The van der Waals surface area contributed by atoms with Crippen molar-refractivity contribution >= 4 is 12.2 Å². The molecule has 0 spiro atoms. The fourth-order valence-electron chi connectivity index (χ4n) is 1.64. The van der Waals surface area contributed by atoms with Crippen molar-refractivity contribution < 1.29 is 5.11 Å². The molecule has 3 heteroatoms. The molecule has 12 heavy (non-hydrogen) atoms. The summed E-state index contributed by atoms with van der Waals surface area (Å²) in [6.45, 7) is 0.0663. The summed E-state index contributed by atoms with van der Waals surface area (Å²) in [5.74, 6) is 5.69. The first-order valence-corrected chi connectivity index (χ1v) is 4.09. The van der Waals surface area contributed by atoms with Gasteiger partial charge in [0, 0.05) is 17.0 Å². The third kappa shape index (κ3) is 0.940. The minimum absolute atomic E-state index is 0.0663. The van der Waals surface area contributed by atoms with Gasteiger partial charge in [-0.15, -0.1) is 0 Å². The maximum Gasteiger partial charge on any atom is 0.0703 e. The van der Waals surface area contributed by atoms with Crippen molar-refractivity contribution in [1.82, 2.24) is 4.68 Å². The predicted molar refractivity (Wildman–Crippen MR) is 47.9 cm³/mol. The van der Waals surface area contributed by atoms with E-state index in [1.807, 2.05) is 0 Å². The molecule has 0 atom stereocenters. The van der Waals surface area contributed by atoms with Crippen molar-refractivity contribution in [2.24, 2.45) is 0 Å². The SMILES string of the molecule is Nn1cc(CO)c2c1=CCCC=2. The van der Waals surface area contributed by atoms with Crippen LogP contribution in [0.5, 0.6) is 0 Å². The number of nitrogen functional groups attached to an aromatic ring is 1. The number of aliphatic hydroxyl groups excluding tert-OH is 1. The zero-order valence-corrected chi connectivity index (χ0v) is 6.83. The quantitative estimate of drug-likeness (QED) is 0.526. The van der Waals surface area contributed by atoms with E-state index in [1.54, 1.807) is 10.9 Å². The van der Waals surface area contributed by atoms with E-state index in [0.29, 0.717) is 0 Å². The van der Waals surface area contributed by atoms with Gasteiger partial charge in [-0.05, 0) is 12.8 Å². The molecule has 0 amide bonds. The van der Waals surface area contributed by atoms with Gasteiger partial charge >= 0.3 is 0 Å². The Kier molecular flexibility index (Phi) is 1.66. The number of rotatable bonds is 1. The highest BCUT2D eigenvalue weighted by atomic mass is 16.3. The van der Waals surface area contributed by atoms with Gasteiger partial charge in [-0.1, -0.05) is 12.2 Å². The van der Waals surface area contributed by atoms with Crippen molar-refractivity contribution in [3.05, 3.63) is 22.3 Å².